The molecule has 3 nitrogen and oxygen atoms in total. The van der Waals surface area contributed by atoms with Gasteiger partial charge in [0, 0.05) is 5.39 Å². The SMILES string of the molecule is CCNC(c1ccc(Br)o1)c1cc2cccc(C)c2o1. The van der Waals surface area contributed by atoms with Crippen LogP contribution >= 0.6 is 15.9 Å². The van der Waals surface area contributed by atoms with Crippen LogP contribution in [-0.2, 0) is 0 Å². The highest BCUT2D eigenvalue weighted by molar-refractivity contribution is 9.10. The molecule has 0 spiro atoms. The number of para-hydroxylation sites is 1. The molecule has 104 valence electrons. The third-order valence-corrected chi connectivity index (χ3v) is 3.76. The standard InChI is InChI=1S/C16H16BrNO2/c1-3-18-15(12-7-8-14(17)19-12)13-9-11-6-4-5-10(2)16(11)20-13/h4-9,15,18H,3H2,1-2H3. The van der Waals surface area contributed by atoms with Crippen molar-refractivity contribution in [3.8, 4) is 0 Å². The van der Waals surface area contributed by atoms with Gasteiger partial charge in [-0.2, -0.15) is 0 Å². The first-order valence-electron chi connectivity index (χ1n) is 6.66. The van der Waals surface area contributed by atoms with E-state index in [1.54, 1.807) is 0 Å². The Labute approximate surface area is 126 Å². The van der Waals surface area contributed by atoms with Crippen LogP contribution < -0.4 is 5.32 Å². The number of fused-ring (bicyclic) bond motifs is 1. The van der Waals surface area contributed by atoms with Crippen LogP contribution in [0.3, 0.4) is 0 Å². The normalized spacial score (nSPS) is 12.9. The van der Waals surface area contributed by atoms with Gasteiger partial charge in [-0.1, -0.05) is 25.1 Å². The van der Waals surface area contributed by atoms with Crippen molar-refractivity contribution >= 4 is 26.9 Å². The predicted molar refractivity (Wildman–Crippen MR) is 82.9 cm³/mol. The maximum atomic E-state index is 6.04. The van der Waals surface area contributed by atoms with Crippen LogP contribution in [0.4, 0.5) is 0 Å². The van der Waals surface area contributed by atoms with Crippen LogP contribution in [0.15, 0.2) is 49.9 Å². The Morgan fingerprint density at radius 1 is 1.15 bits per heavy atom. The molecule has 1 atom stereocenters. The van der Waals surface area contributed by atoms with Crippen molar-refractivity contribution in [2.45, 2.75) is 19.9 Å². The van der Waals surface area contributed by atoms with E-state index in [4.69, 9.17) is 8.83 Å². The van der Waals surface area contributed by atoms with Gasteiger partial charge in [0.15, 0.2) is 4.67 Å². The van der Waals surface area contributed by atoms with E-state index in [-0.39, 0.29) is 6.04 Å². The second kappa shape index (κ2) is 5.46. The minimum absolute atomic E-state index is 0.0712. The lowest BCUT2D eigenvalue weighted by atomic mass is 10.1. The summed E-state index contributed by atoms with van der Waals surface area (Å²) >= 11 is 3.35. The van der Waals surface area contributed by atoms with Crippen molar-refractivity contribution in [1.82, 2.24) is 5.32 Å². The van der Waals surface area contributed by atoms with Crippen molar-refractivity contribution < 1.29 is 8.83 Å². The minimum Gasteiger partial charge on any atom is -0.459 e. The molecule has 2 heterocycles. The molecule has 0 saturated heterocycles. The first kappa shape index (κ1) is 13.5. The largest absolute Gasteiger partial charge is 0.459 e. The highest BCUT2D eigenvalue weighted by Gasteiger charge is 2.21. The molecule has 0 aliphatic heterocycles. The molecule has 0 amide bonds. The lowest BCUT2D eigenvalue weighted by molar-refractivity contribution is 0.395. The smallest absolute Gasteiger partial charge is 0.169 e. The molecule has 3 rings (SSSR count). The summed E-state index contributed by atoms with van der Waals surface area (Å²) in [5, 5.41) is 4.52. The maximum absolute atomic E-state index is 6.04. The molecule has 3 aromatic rings. The van der Waals surface area contributed by atoms with Gasteiger partial charge in [0.25, 0.3) is 0 Å². The van der Waals surface area contributed by atoms with Crippen LogP contribution in [0.25, 0.3) is 11.0 Å². The highest BCUT2D eigenvalue weighted by atomic mass is 79.9. The second-order valence-corrected chi connectivity index (χ2v) is 5.56. The van der Waals surface area contributed by atoms with Crippen molar-refractivity contribution in [3.05, 3.63) is 58.2 Å². The zero-order valence-electron chi connectivity index (χ0n) is 11.4. The third kappa shape index (κ3) is 2.41. The van der Waals surface area contributed by atoms with Crippen LogP contribution in [-0.4, -0.2) is 6.54 Å². The summed E-state index contributed by atoms with van der Waals surface area (Å²) < 4.78 is 12.4. The van der Waals surface area contributed by atoms with E-state index in [1.165, 1.54) is 0 Å². The Bertz CT molecular complexity index is 729. The summed E-state index contributed by atoms with van der Waals surface area (Å²) in [6.45, 7) is 4.96. The lowest BCUT2D eigenvalue weighted by Gasteiger charge is -2.12. The van der Waals surface area contributed by atoms with Crippen molar-refractivity contribution in [2.24, 2.45) is 0 Å². The highest BCUT2D eigenvalue weighted by Crippen LogP contribution is 2.31. The summed E-state index contributed by atoms with van der Waals surface area (Å²) in [7, 11) is 0. The Hall–Kier alpha value is -1.52. The Morgan fingerprint density at radius 2 is 2.00 bits per heavy atom. The molecule has 0 aliphatic rings. The molecule has 0 saturated carbocycles. The van der Waals surface area contributed by atoms with Crippen molar-refractivity contribution in [3.63, 3.8) is 0 Å². The third-order valence-electron chi connectivity index (χ3n) is 3.33. The van der Waals surface area contributed by atoms with Gasteiger partial charge >= 0.3 is 0 Å². The fourth-order valence-electron chi connectivity index (χ4n) is 2.40. The lowest BCUT2D eigenvalue weighted by Crippen LogP contribution is -2.20. The first-order valence-corrected chi connectivity index (χ1v) is 7.46. The van der Waals surface area contributed by atoms with E-state index in [9.17, 15) is 0 Å². The van der Waals surface area contributed by atoms with E-state index in [0.717, 1.165) is 39.3 Å². The van der Waals surface area contributed by atoms with E-state index in [2.05, 4.69) is 53.3 Å². The fraction of sp³-hybridized carbons (Fsp3) is 0.250. The molecule has 0 bridgehead atoms. The summed E-state index contributed by atoms with van der Waals surface area (Å²) in [5.74, 6) is 1.72. The van der Waals surface area contributed by atoms with Crippen molar-refractivity contribution in [2.75, 3.05) is 6.54 Å². The van der Waals surface area contributed by atoms with Crippen LogP contribution in [0, 0.1) is 6.92 Å². The second-order valence-electron chi connectivity index (χ2n) is 4.77. The zero-order chi connectivity index (χ0) is 14.1. The molecular weight excluding hydrogens is 318 g/mol. The number of hydrogen-bond donors (Lipinski definition) is 1. The van der Waals surface area contributed by atoms with E-state index >= 15 is 0 Å². The summed E-state index contributed by atoms with van der Waals surface area (Å²) in [4.78, 5) is 0. The molecule has 2 aromatic heterocycles. The first-order chi connectivity index (χ1) is 9.69. The molecule has 0 radical (unpaired) electrons. The number of furan rings is 2. The van der Waals surface area contributed by atoms with Gasteiger partial charge in [-0.3, -0.25) is 0 Å². The summed E-state index contributed by atoms with van der Waals surface area (Å²) in [6.07, 6.45) is 0. The molecule has 20 heavy (non-hydrogen) atoms. The van der Waals surface area contributed by atoms with Crippen LogP contribution in [0.5, 0.6) is 0 Å². The number of aryl methyl sites for hydroxylation is 1. The van der Waals surface area contributed by atoms with Gasteiger partial charge in [0.2, 0.25) is 0 Å². The molecule has 1 unspecified atom stereocenters. The maximum Gasteiger partial charge on any atom is 0.169 e. The molecular formula is C16H16BrNO2. The Morgan fingerprint density at radius 3 is 2.65 bits per heavy atom. The average molecular weight is 334 g/mol. The van der Waals surface area contributed by atoms with E-state index < -0.39 is 0 Å². The number of halogens is 1. The Kier molecular flexibility index (Phi) is 3.68. The van der Waals surface area contributed by atoms with E-state index in [0.29, 0.717) is 0 Å². The van der Waals surface area contributed by atoms with Crippen molar-refractivity contribution in [1.29, 1.82) is 0 Å². The zero-order valence-corrected chi connectivity index (χ0v) is 13.0. The van der Waals surface area contributed by atoms with Gasteiger partial charge in [-0.05, 0) is 53.2 Å². The summed E-state index contributed by atoms with van der Waals surface area (Å²) in [6, 6.07) is 12.0. The topological polar surface area (TPSA) is 38.3 Å². The van der Waals surface area contributed by atoms with E-state index in [1.807, 2.05) is 18.2 Å². The van der Waals surface area contributed by atoms with Gasteiger partial charge in [-0.25, -0.2) is 0 Å². The molecule has 0 aliphatic carbocycles. The molecule has 0 fully saturated rings. The molecule has 4 heteroatoms. The molecule has 1 N–H and O–H groups in total. The van der Waals surface area contributed by atoms with Crippen LogP contribution in [0.1, 0.15) is 30.0 Å². The van der Waals surface area contributed by atoms with Gasteiger partial charge in [0.1, 0.15) is 23.1 Å². The van der Waals surface area contributed by atoms with Gasteiger partial charge in [0.05, 0.1) is 0 Å². The predicted octanol–water partition coefficient (Wildman–Crippen LogP) is 4.80. The average Bonchev–Trinajstić information content (AvgIpc) is 3.03. The van der Waals surface area contributed by atoms with Gasteiger partial charge in [-0.15, -0.1) is 0 Å². The molecule has 1 aromatic carbocycles. The van der Waals surface area contributed by atoms with Gasteiger partial charge < -0.3 is 14.2 Å². The number of rotatable bonds is 4. The number of nitrogens with one attached hydrogen (secondary N) is 1. The Balaban J connectivity index is 2.07. The monoisotopic (exact) mass is 333 g/mol. The summed E-state index contributed by atoms with van der Waals surface area (Å²) in [5.41, 5.74) is 2.08. The quantitative estimate of drug-likeness (QED) is 0.745. The number of hydrogen-bond acceptors (Lipinski definition) is 3. The number of benzene rings is 1. The minimum atomic E-state index is -0.0712. The fourth-order valence-corrected chi connectivity index (χ4v) is 2.72. The van der Waals surface area contributed by atoms with Crippen LogP contribution in [0.2, 0.25) is 0 Å².